The zero-order valence-electron chi connectivity index (χ0n) is 14.5. The predicted molar refractivity (Wildman–Crippen MR) is 93.7 cm³/mol. The van der Waals surface area contributed by atoms with Crippen molar-refractivity contribution >= 4 is 11.8 Å². The van der Waals surface area contributed by atoms with Crippen LogP contribution in [0.4, 0.5) is 4.39 Å². The summed E-state index contributed by atoms with van der Waals surface area (Å²) in [5.41, 5.74) is 0.121. The van der Waals surface area contributed by atoms with Gasteiger partial charge in [0, 0.05) is 25.6 Å². The van der Waals surface area contributed by atoms with E-state index < -0.39 is 5.82 Å². The molecular weight excluding hydrogens is 321 g/mol. The number of hydrogen-bond acceptors (Lipinski definition) is 3. The Morgan fingerprint density at radius 1 is 1.20 bits per heavy atom. The predicted octanol–water partition coefficient (Wildman–Crippen LogP) is 1.94. The summed E-state index contributed by atoms with van der Waals surface area (Å²) < 4.78 is 13.7. The van der Waals surface area contributed by atoms with Crippen molar-refractivity contribution in [3.05, 3.63) is 35.6 Å². The highest BCUT2D eigenvalue weighted by Crippen LogP contribution is 2.17. The lowest BCUT2D eigenvalue weighted by molar-refractivity contribution is -0.122. The minimum atomic E-state index is -0.482. The van der Waals surface area contributed by atoms with Gasteiger partial charge in [-0.05, 0) is 56.8 Å². The van der Waals surface area contributed by atoms with E-state index in [0.717, 1.165) is 38.8 Å². The summed E-state index contributed by atoms with van der Waals surface area (Å²) in [6.07, 6.45) is 4.10. The van der Waals surface area contributed by atoms with Crippen molar-refractivity contribution in [2.75, 3.05) is 26.2 Å². The van der Waals surface area contributed by atoms with Gasteiger partial charge in [-0.15, -0.1) is 0 Å². The second-order valence-electron chi connectivity index (χ2n) is 7.01. The molecule has 0 aromatic heterocycles. The quantitative estimate of drug-likeness (QED) is 0.856. The van der Waals surface area contributed by atoms with E-state index in [9.17, 15) is 14.0 Å². The minimum absolute atomic E-state index is 0.103. The van der Waals surface area contributed by atoms with Gasteiger partial charge in [-0.2, -0.15) is 0 Å². The summed E-state index contributed by atoms with van der Waals surface area (Å²) in [6.45, 7) is 3.17. The third-order valence-electron chi connectivity index (χ3n) is 5.19. The van der Waals surface area contributed by atoms with Crippen LogP contribution < -0.4 is 10.6 Å². The number of carbonyl (C=O) groups is 2. The minimum Gasteiger partial charge on any atom is -0.353 e. The summed E-state index contributed by atoms with van der Waals surface area (Å²) in [6, 6.07) is 6.18. The van der Waals surface area contributed by atoms with Crippen LogP contribution in [0.5, 0.6) is 0 Å². The van der Waals surface area contributed by atoms with Crippen molar-refractivity contribution in [2.45, 2.75) is 38.1 Å². The molecule has 1 atom stereocenters. The van der Waals surface area contributed by atoms with Crippen LogP contribution in [-0.4, -0.2) is 48.9 Å². The van der Waals surface area contributed by atoms with Gasteiger partial charge in [-0.3, -0.25) is 9.59 Å². The number of benzene rings is 1. The first kappa shape index (κ1) is 17.9. The second-order valence-corrected chi connectivity index (χ2v) is 7.01. The molecule has 0 saturated carbocycles. The zero-order valence-corrected chi connectivity index (χ0v) is 14.5. The number of halogens is 1. The summed E-state index contributed by atoms with van der Waals surface area (Å²) >= 11 is 0. The van der Waals surface area contributed by atoms with Gasteiger partial charge in [-0.25, -0.2) is 4.39 Å². The fourth-order valence-electron chi connectivity index (χ4n) is 3.63. The Hall–Kier alpha value is -1.95. The molecule has 3 rings (SSSR count). The van der Waals surface area contributed by atoms with E-state index in [1.807, 2.05) is 0 Å². The Bertz CT molecular complexity index is 608. The van der Waals surface area contributed by atoms with Crippen LogP contribution >= 0.6 is 0 Å². The molecule has 0 bridgehead atoms. The number of rotatable bonds is 5. The van der Waals surface area contributed by atoms with Crippen molar-refractivity contribution < 1.29 is 14.0 Å². The topological polar surface area (TPSA) is 61.4 Å². The van der Waals surface area contributed by atoms with Crippen molar-refractivity contribution in [1.29, 1.82) is 0 Å². The fraction of sp³-hybridized carbons (Fsp3) is 0.579. The van der Waals surface area contributed by atoms with Crippen LogP contribution in [0.25, 0.3) is 0 Å². The Morgan fingerprint density at radius 2 is 1.96 bits per heavy atom. The number of piperidine rings is 1. The summed E-state index contributed by atoms with van der Waals surface area (Å²) in [4.78, 5) is 26.2. The van der Waals surface area contributed by atoms with Gasteiger partial charge in [0.25, 0.3) is 5.91 Å². The van der Waals surface area contributed by atoms with Crippen LogP contribution in [0, 0.1) is 11.7 Å². The molecular formula is C19H26FN3O2. The maximum absolute atomic E-state index is 13.7. The number of carbonyl (C=O) groups excluding carboxylic acids is 2. The molecule has 2 saturated heterocycles. The van der Waals surface area contributed by atoms with E-state index in [1.165, 1.54) is 12.1 Å². The maximum atomic E-state index is 13.7. The third kappa shape index (κ3) is 4.78. The molecule has 5 nitrogen and oxygen atoms in total. The molecule has 2 N–H and O–H groups in total. The second kappa shape index (κ2) is 8.43. The highest BCUT2D eigenvalue weighted by Gasteiger charge is 2.26. The molecule has 2 heterocycles. The van der Waals surface area contributed by atoms with Crippen molar-refractivity contribution in [3.8, 4) is 0 Å². The molecule has 6 heteroatoms. The third-order valence-corrected chi connectivity index (χ3v) is 5.19. The largest absolute Gasteiger partial charge is 0.353 e. The molecule has 0 aliphatic carbocycles. The average Bonchev–Trinajstić information content (AvgIpc) is 3.14. The van der Waals surface area contributed by atoms with E-state index in [-0.39, 0.29) is 23.4 Å². The fourth-order valence-corrected chi connectivity index (χ4v) is 3.63. The molecule has 1 aromatic rings. The molecule has 2 aliphatic heterocycles. The van der Waals surface area contributed by atoms with Crippen LogP contribution in [0.15, 0.2) is 24.3 Å². The molecule has 25 heavy (non-hydrogen) atoms. The summed E-state index contributed by atoms with van der Waals surface area (Å²) in [5, 5.41) is 6.40. The monoisotopic (exact) mass is 347 g/mol. The molecule has 2 fully saturated rings. The number of amides is 2. The maximum Gasteiger partial charge on any atom is 0.256 e. The molecule has 1 unspecified atom stereocenters. The lowest BCUT2D eigenvalue weighted by Gasteiger charge is -2.32. The normalized spacial score (nSPS) is 21.3. The van der Waals surface area contributed by atoms with E-state index in [0.29, 0.717) is 25.4 Å². The van der Waals surface area contributed by atoms with Crippen LogP contribution in [0.2, 0.25) is 0 Å². The van der Waals surface area contributed by atoms with Crippen molar-refractivity contribution in [1.82, 2.24) is 15.5 Å². The first-order chi connectivity index (χ1) is 12.1. The Kier molecular flexibility index (Phi) is 6.02. The van der Waals surface area contributed by atoms with Crippen LogP contribution in [-0.2, 0) is 4.79 Å². The first-order valence-electron chi connectivity index (χ1n) is 9.17. The lowest BCUT2D eigenvalue weighted by Crippen LogP contribution is -2.46. The van der Waals surface area contributed by atoms with E-state index in [4.69, 9.17) is 0 Å². The Morgan fingerprint density at radius 3 is 2.64 bits per heavy atom. The van der Waals surface area contributed by atoms with Gasteiger partial charge in [0.15, 0.2) is 0 Å². The van der Waals surface area contributed by atoms with Gasteiger partial charge >= 0.3 is 0 Å². The highest BCUT2D eigenvalue weighted by molar-refractivity contribution is 5.94. The number of nitrogens with one attached hydrogen (secondary N) is 2. The number of nitrogens with zero attached hydrogens (tertiary/aromatic N) is 1. The van der Waals surface area contributed by atoms with Gasteiger partial charge in [0.1, 0.15) is 5.82 Å². The van der Waals surface area contributed by atoms with Crippen molar-refractivity contribution in [2.24, 2.45) is 5.92 Å². The number of hydrogen-bond donors (Lipinski definition) is 2. The van der Waals surface area contributed by atoms with Crippen molar-refractivity contribution in [3.63, 3.8) is 0 Å². The first-order valence-corrected chi connectivity index (χ1v) is 9.17. The van der Waals surface area contributed by atoms with Gasteiger partial charge < -0.3 is 15.5 Å². The lowest BCUT2D eigenvalue weighted by atomic mass is 10.0. The Balaban J connectivity index is 1.41. The average molecular weight is 347 g/mol. The SMILES string of the molecule is O=C(CCC1CCNC1)NC1CCN(C(=O)c2ccccc2F)CC1. The molecule has 2 amide bonds. The van der Waals surface area contributed by atoms with Crippen LogP contribution in [0.3, 0.4) is 0 Å². The van der Waals surface area contributed by atoms with E-state index >= 15 is 0 Å². The number of likely N-dealkylation sites (tertiary alicyclic amines) is 1. The zero-order chi connectivity index (χ0) is 17.6. The summed E-state index contributed by atoms with van der Waals surface area (Å²) in [7, 11) is 0. The molecule has 1 aromatic carbocycles. The van der Waals surface area contributed by atoms with Gasteiger partial charge in [-0.1, -0.05) is 12.1 Å². The van der Waals surface area contributed by atoms with E-state index in [2.05, 4.69) is 10.6 Å². The van der Waals surface area contributed by atoms with E-state index in [1.54, 1.807) is 17.0 Å². The van der Waals surface area contributed by atoms with Crippen LogP contribution in [0.1, 0.15) is 42.5 Å². The Labute approximate surface area is 148 Å². The van der Waals surface area contributed by atoms with Gasteiger partial charge in [0.05, 0.1) is 5.56 Å². The molecule has 0 spiro atoms. The molecule has 2 aliphatic rings. The molecule has 136 valence electrons. The molecule has 0 radical (unpaired) electrons. The standard InChI is InChI=1S/C19H26FN3O2/c20-17-4-2-1-3-16(17)19(25)23-11-8-15(9-12-23)22-18(24)6-5-14-7-10-21-13-14/h1-4,14-15,21H,5-13H2,(H,22,24). The summed E-state index contributed by atoms with van der Waals surface area (Å²) in [5.74, 6) is -0.0299. The highest BCUT2D eigenvalue weighted by atomic mass is 19.1. The van der Waals surface area contributed by atoms with Gasteiger partial charge in [0.2, 0.25) is 5.91 Å². The smallest absolute Gasteiger partial charge is 0.256 e.